The van der Waals surface area contributed by atoms with Crippen LogP contribution in [0.3, 0.4) is 0 Å². The maximum absolute atomic E-state index is 12.4. The second-order valence-electron chi connectivity index (χ2n) is 5.47. The van der Waals surface area contributed by atoms with Crippen LogP contribution < -0.4 is 10.1 Å². The number of aromatic amines is 1. The van der Waals surface area contributed by atoms with E-state index >= 15 is 0 Å². The Balaban J connectivity index is 1.65. The summed E-state index contributed by atoms with van der Waals surface area (Å²) >= 11 is 0. The zero-order chi connectivity index (χ0) is 17.9. The largest absolute Gasteiger partial charge is 0.573 e. The lowest BCUT2D eigenvalue weighted by Crippen LogP contribution is -2.25. The van der Waals surface area contributed by atoms with Crippen LogP contribution in [-0.2, 0) is 17.8 Å². The predicted molar refractivity (Wildman–Crippen MR) is 87.0 cm³/mol. The van der Waals surface area contributed by atoms with Gasteiger partial charge in [0.15, 0.2) is 0 Å². The summed E-state index contributed by atoms with van der Waals surface area (Å²) < 4.78 is 41.2. The van der Waals surface area contributed by atoms with E-state index in [1.165, 1.54) is 18.2 Å². The Morgan fingerprint density at radius 3 is 2.56 bits per heavy atom. The number of carbonyl (C=O) groups excluding carboxylic acids is 1. The van der Waals surface area contributed by atoms with Crippen molar-refractivity contribution in [2.24, 2.45) is 0 Å². The molecule has 0 atom stereocenters. The van der Waals surface area contributed by atoms with E-state index in [2.05, 4.69) is 15.0 Å². The Morgan fingerprint density at radius 1 is 1.04 bits per heavy atom. The summed E-state index contributed by atoms with van der Waals surface area (Å²) in [5, 5.41) is 3.57. The van der Waals surface area contributed by atoms with Crippen LogP contribution in [0.4, 0.5) is 13.2 Å². The number of aromatic nitrogens is 1. The molecule has 0 unspecified atom stereocenters. The summed E-state index contributed by atoms with van der Waals surface area (Å²) in [6.45, 7) is -0.0482. The molecule has 0 saturated heterocycles. The minimum atomic E-state index is -4.77. The molecule has 25 heavy (non-hydrogen) atoms. The summed E-state index contributed by atoms with van der Waals surface area (Å²) in [4.78, 5) is 15.2. The first-order chi connectivity index (χ1) is 11.9. The summed E-state index contributed by atoms with van der Waals surface area (Å²) in [7, 11) is 0. The summed E-state index contributed by atoms with van der Waals surface area (Å²) in [6, 6.07) is 13.3. The molecule has 1 heterocycles. The molecule has 2 aromatic carbocycles. The third-order valence-corrected chi connectivity index (χ3v) is 3.70. The fourth-order valence-electron chi connectivity index (χ4n) is 2.58. The normalized spacial score (nSPS) is 11.5. The highest BCUT2D eigenvalue weighted by Crippen LogP contribution is 2.26. The number of H-pyrrole nitrogens is 1. The highest BCUT2D eigenvalue weighted by atomic mass is 19.4. The minimum Gasteiger partial charge on any atom is -0.405 e. The van der Waals surface area contributed by atoms with Crippen LogP contribution in [0.1, 0.15) is 11.1 Å². The minimum absolute atomic E-state index is 0.0482. The van der Waals surface area contributed by atoms with Crippen LogP contribution in [-0.4, -0.2) is 17.3 Å². The Morgan fingerprint density at radius 2 is 1.76 bits per heavy atom. The molecule has 4 nitrogen and oxygen atoms in total. The lowest BCUT2D eigenvalue weighted by molar-refractivity contribution is -0.274. The molecule has 0 aliphatic rings. The highest BCUT2D eigenvalue weighted by Gasteiger charge is 2.31. The van der Waals surface area contributed by atoms with Crippen LogP contribution in [0.15, 0.2) is 54.7 Å². The Hall–Kier alpha value is -2.96. The van der Waals surface area contributed by atoms with Gasteiger partial charge >= 0.3 is 6.36 Å². The van der Waals surface area contributed by atoms with E-state index in [9.17, 15) is 18.0 Å². The average Bonchev–Trinajstić information content (AvgIpc) is 2.96. The molecule has 2 N–H and O–H groups in total. The molecule has 0 aliphatic heterocycles. The number of carbonyl (C=O) groups is 1. The number of rotatable bonds is 5. The monoisotopic (exact) mass is 348 g/mol. The van der Waals surface area contributed by atoms with E-state index in [1.807, 2.05) is 24.3 Å². The number of hydrogen-bond acceptors (Lipinski definition) is 2. The maximum atomic E-state index is 12.4. The molecule has 0 aliphatic carbocycles. The molecule has 0 radical (unpaired) electrons. The molecule has 0 saturated carbocycles. The van der Waals surface area contributed by atoms with E-state index in [4.69, 9.17) is 0 Å². The number of amides is 1. The molecule has 0 fully saturated rings. The van der Waals surface area contributed by atoms with E-state index in [0.29, 0.717) is 0 Å². The number of benzene rings is 2. The van der Waals surface area contributed by atoms with Gasteiger partial charge in [-0.15, -0.1) is 13.2 Å². The van der Waals surface area contributed by atoms with Gasteiger partial charge in [-0.3, -0.25) is 4.79 Å². The number of para-hydroxylation sites is 2. The van der Waals surface area contributed by atoms with Crippen molar-refractivity contribution in [3.8, 4) is 5.75 Å². The summed E-state index contributed by atoms with van der Waals surface area (Å²) in [6.07, 6.45) is -2.89. The quantitative estimate of drug-likeness (QED) is 0.734. The van der Waals surface area contributed by atoms with Gasteiger partial charge in [0, 0.05) is 29.2 Å². The Kier molecular flexibility index (Phi) is 4.65. The van der Waals surface area contributed by atoms with Gasteiger partial charge in [-0.1, -0.05) is 36.4 Å². The molecule has 7 heteroatoms. The molecule has 1 aromatic heterocycles. The van der Waals surface area contributed by atoms with E-state index in [0.717, 1.165) is 16.5 Å². The van der Waals surface area contributed by atoms with Crippen molar-refractivity contribution in [2.45, 2.75) is 19.3 Å². The van der Waals surface area contributed by atoms with Gasteiger partial charge in [-0.05, 0) is 17.7 Å². The first-order valence-corrected chi connectivity index (χ1v) is 7.58. The van der Waals surface area contributed by atoms with Crippen LogP contribution in [0.25, 0.3) is 10.9 Å². The Bertz CT molecular complexity index is 887. The smallest absolute Gasteiger partial charge is 0.405 e. The number of alkyl halides is 3. The molecular formula is C18H15F3N2O2. The lowest BCUT2D eigenvalue weighted by atomic mass is 10.1. The van der Waals surface area contributed by atoms with Gasteiger partial charge in [0.05, 0.1) is 6.42 Å². The maximum Gasteiger partial charge on any atom is 0.573 e. The topological polar surface area (TPSA) is 54.1 Å². The molecular weight excluding hydrogens is 333 g/mol. The van der Waals surface area contributed by atoms with Crippen molar-refractivity contribution in [3.05, 3.63) is 65.9 Å². The molecule has 3 aromatic rings. The second-order valence-corrected chi connectivity index (χ2v) is 5.47. The fraction of sp³-hybridized carbons (Fsp3) is 0.167. The Labute approximate surface area is 141 Å². The lowest BCUT2D eigenvalue weighted by Gasteiger charge is -2.13. The van der Waals surface area contributed by atoms with E-state index in [1.54, 1.807) is 12.3 Å². The molecule has 0 spiro atoms. The van der Waals surface area contributed by atoms with Crippen LogP contribution >= 0.6 is 0 Å². The average molecular weight is 348 g/mol. The number of hydrogen-bond donors (Lipinski definition) is 2. The van der Waals surface area contributed by atoms with Crippen molar-refractivity contribution >= 4 is 16.8 Å². The number of halogens is 3. The van der Waals surface area contributed by atoms with Crippen LogP contribution in [0, 0.1) is 0 Å². The number of fused-ring (bicyclic) bond motifs is 1. The van der Waals surface area contributed by atoms with Crippen molar-refractivity contribution in [3.63, 3.8) is 0 Å². The van der Waals surface area contributed by atoms with Crippen molar-refractivity contribution < 1.29 is 22.7 Å². The summed E-state index contributed by atoms with van der Waals surface area (Å²) in [5.41, 5.74) is 2.01. The van der Waals surface area contributed by atoms with Gasteiger partial charge in [-0.2, -0.15) is 0 Å². The fourth-order valence-corrected chi connectivity index (χ4v) is 2.58. The third kappa shape index (κ3) is 4.32. The molecule has 3 rings (SSSR count). The first-order valence-electron chi connectivity index (χ1n) is 7.58. The van der Waals surface area contributed by atoms with E-state index in [-0.39, 0.29) is 30.2 Å². The van der Waals surface area contributed by atoms with Gasteiger partial charge < -0.3 is 15.0 Å². The SMILES string of the molecule is O=C(Cc1c[nH]c2ccccc12)NCc1ccccc1OC(F)(F)F. The molecule has 130 valence electrons. The summed E-state index contributed by atoms with van der Waals surface area (Å²) in [5.74, 6) is -0.603. The zero-order valence-corrected chi connectivity index (χ0v) is 13.1. The standard InChI is InChI=1S/C18H15F3N2O2/c19-18(20,21)25-16-8-4-1-5-12(16)10-23-17(24)9-13-11-22-15-7-3-2-6-14(13)15/h1-8,11,22H,9-10H2,(H,23,24). The highest BCUT2D eigenvalue weighted by molar-refractivity contribution is 5.88. The number of ether oxygens (including phenoxy) is 1. The second kappa shape index (κ2) is 6.88. The van der Waals surface area contributed by atoms with Gasteiger partial charge in [0.2, 0.25) is 5.91 Å². The van der Waals surface area contributed by atoms with Gasteiger partial charge in [-0.25, -0.2) is 0 Å². The van der Waals surface area contributed by atoms with E-state index < -0.39 is 6.36 Å². The third-order valence-electron chi connectivity index (χ3n) is 3.70. The van der Waals surface area contributed by atoms with Gasteiger partial charge in [0.25, 0.3) is 0 Å². The predicted octanol–water partition coefficient (Wildman–Crippen LogP) is 3.93. The van der Waals surface area contributed by atoms with Gasteiger partial charge in [0.1, 0.15) is 5.75 Å². The first kappa shape index (κ1) is 16.9. The zero-order valence-electron chi connectivity index (χ0n) is 13.1. The van der Waals surface area contributed by atoms with Crippen molar-refractivity contribution in [1.29, 1.82) is 0 Å². The van der Waals surface area contributed by atoms with Crippen LogP contribution in [0.2, 0.25) is 0 Å². The van der Waals surface area contributed by atoms with Crippen molar-refractivity contribution in [2.75, 3.05) is 0 Å². The molecule has 0 bridgehead atoms. The van der Waals surface area contributed by atoms with Crippen molar-refractivity contribution in [1.82, 2.24) is 10.3 Å². The number of nitrogens with one attached hydrogen (secondary N) is 2. The van der Waals surface area contributed by atoms with Crippen LogP contribution in [0.5, 0.6) is 5.75 Å². The molecule has 1 amide bonds.